The number of carbonyl (C=O) groups excluding carboxylic acids is 1. The summed E-state index contributed by atoms with van der Waals surface area (Å²) in [5.74, 6) is 2.19. The number of aromatic nitrogens is 3. The van der Waals surface area contributed by atoms with Crippen LogP contribution in [0.3, 0.4) is 0 Å². The molecule has 1 N–H and O–H groups in total. The van der Waals surface area contributed by atoms with Gasteiger partial charge >= 0.3 is 0 Å². The maximum atomic E-state index is 12.6. The number of benzene rings is 3. The lowest BCUT2D eigenvalue weighted by Crippen LogP contribution is -2.15. The number of rotatable bonds is 9. The van der Waals surface area contributed by atoms with Crippen LogP contribution >= 0.6 is 11.8 Å². The first-order chi connectivity index (χ1) is 16.0. The van der Waals surface area contributed by atoms with E-state index in [1.54, 1.807) is 0 Å². The molecular formula is C26H28N4O2S. The Labute approximate surface area is 198 Å². The van der Waals surface area contributed by atoms with Crippen LogP contribution in [0.2, 0.25) is 0 Å². The molecule has 0 aliphatic heterocycles. The SMILES string of the molecule is CCn1c(COc2ccc(C(C)C)cc2)nnc1SCC(=O)Nc1cccc2ccccc12. The molecule has 6 nitrogen and oxygen atoms in total. The summed E-state index contributed by atoms with van der Waals surface area (Å²) in [5.41, 5.74) is 2.09. The van der Waals surface area contributed by atoms with E-state index in [-0.39, 0.29) is 11.7 Å². The van der Waals surface area contributed by atoms with Crippen LogP contribution in [0.25, 0.3) is 10.8 Å². The van der Waals surface area contributed by atoms with Crippen molar-refractivity contribution in [2.45, 2.75) is 45.0 Å². The third-order valence-electron chi connectivity index (χ3n) is 5.42. The van der Waals surface area contributed by atoms with Crippen molar-refractivity contribution in [1.82, 2.24) is 14.8 Å². The van der Waals surface area contributed by atoms with Crippen LogP contribution in [0.15, 0.2) is 71.9 Å². The lowest BCUT2D eigenvalue weighted by Gasteiger charge is -2.11. The van der Waals surface area contributed by atoms with Gasteiger partial charge in [0.15, 0.2) is 11.0 Å². The number of nitrogens with one attached hydrogen (secondary N) is 1. The van der Waals surface area contributed by atoms with Crippen molar-refractivity contribution in [2.75, 3.05) is 11.1 Å². The molecule has 0 saturated heterocycles. The number of thioether (sulfide) groups is 1. The minimum Gasteiger partial charge on any atom is -0.486 e. The number of ether oxygens (including phenoxy) is 1. The van der Waals surface area contributed by atoms with Crippen LogP contribution in [0.4, 0.5) is 5.69 Å². The molecule has 0 aliphatic carbocycles. The molecule has 33 heavy (non-hydrogen) atoms. The molecular weight excluding hydrogens is 432 g/mol. The molecule has 0 aliphatic rings. The van der Waals surface area contributed by atoms with Gasteiger partial charge in [-0.05, 0) is 42.0 Å². The first kappa shape index (κ1) is 22.9. The van der Waals surface area contributed by atoms with Crippen LogP contribution in [-0.4, -0.2) is 26.4 Å². The first-order valence-electron chi connectivity index (χ1n) is 11.1. The Bertz CT molecular complexity index is 1230. The zero-order valence-electron chi connectivity index (χ0n) is 19.1. The summed E-state index contributed by atoms with van der Waals surface area (Å²) in [6.45, 7) is 7.39. The van der Waals surface area contributed by atoms with Gasteiger partial charge in [-0.15, -0.1) is 10.2 Å². The number of fused-ring (bicyclic) bond motifs is 1. The molecule has 3 aromatic carbocycles. The monoisotopic (exact) mass is 460 g/mol. The van der Waals surface area contributed by atoms with Crippen molar-refractivity contribution < 1.29 is 9.53 Å². The predicted molar refractivity (Wildman–Crippen MR) is 134 cm³/mol. The van der Waals surface area contributed by atoms with Gasteiger partial charge in [0.1, 0.15) is 12.4 Å². The number of carbonyl (C=O) groups is 1. The lowest BCUT2D eigenvalue weighted by atomic mass is 10.0. The molecule has 170 valence electrons. The Balaban J connectivity index is 1.36. The summed E-state index contributed by atoms with van der Waals surface area (Å²) in [4.78, 5) is 12.6. The molecule has 0 unspecified atom stereocenters. The van der Waals surface area contributed by atoms with Crippen molar-refractivity contribution >= 4 is 34.1 Å². The van der Waals surface area contributed by atoms with E-state index in [9.17, 15) is 4.79 Å². The molecule has 0 atom stereocenters. The molecule has 1 heterocycles. The second kappa shape index (κ2) is 10.5. The zero-order valence-corrected chi connectivity index (χ0v) is 19.9. The van der Waals surface area contributed by atoms with Crippen LogP contribution in [-0.2, 0) is 17.9 Å². The van der Waals surface area contributed by atoms with Crippen molar-refractivity contribution in [3.05, 3.63) is 78.1 Å². The lowest BCUT2D eigenvalue weighted by molar-refractivity contribution is -0.113. The fourth-order valence-corrected chi connectivity index (χ4v) is 4.42. The van der Waals surface area contributed by atoms with Crippen molar-refractivity contribution in [3.8, 4) is 5.75 Å². The van der Waals surface area contributed by atoms with E-state index in [0.717, 1.165) is 28.0 Å². The Morgan fingerprint density at radius 3 is 2.55 bits per heavy atom. The molecule has 0 spiro atoms. The normalized spacial score (nSPS) is 11.2. The predicted octanol–water partition coefficient (Wildman–Crippen LogP) is 5.88. The summed E-state index contributed by atoms with van der Waals surface area (Å²) in [6.07, 6.45) is 0. The Morgan fingerprint density at radius 2 is 1.79 bits per heavy atom. The number of hydrogen-bond donors (Lipinski definition) is 1. The number of hydrogen-bond acceptors (Lipinski definition) is 5. The first-order valence-corrected chi connectivity index (χ1v) is 12.1. The summed E-state index contributed by atoms with van der Waals surface area (Å²) in [7, 11) is 0. The molecule has 0 bridgehead atoms. The van der Waals surface area contributed by atoms with Gasteiger partial charge in [-0.25, -0.2) is 0 Å². The molecule has 7 heteroatoms. The number of nitrogens with zero attached hydrogens (tertiary/aromatic N) is 3. The van der Waals surface area contributed by atoms with Crippen molar-refractivity contribution in [3.63, 3.8) is 0 Å². The highest BCUT2D eigenvalue weighted by Crippen LogP contribution is 2.24. The number of anilines is 1. The van der Waals surface area contributed by atoms with Crippen LogP contribution in [0.5, 0.6) is 5.75 Å². The van der Waals surface area contributed by atoms with E-state index < -0.39 is 0 Å². The second-order valence-corrected chi connectivity index (χ2v) is 8.96. The van der Waals surface area contributed by atoms with E-state index in [2.05, 4.69) is 41.5 Å². The maximum absolute atomic E-state index is 12.6. The number of amides is 1. The van der Waals surface area contributed by atoms with E-state index in [4.69, 9.17) is 4.74 Å². The topological polar surface area (TPSA) is 69.0 Å². The largest absolute Gasteiger partial charge is 0.486 e. The van der Waals surface area contributed by atoms with Crippen LogP contribution in [0.1, 0.15) is 38.1 Å². The highest BCUT2D eigenvalue weighted by atomic mass is 32.2. The van der Waals surface area contributed by atoms with Gasteiger partial charge in [0.2, 0.25) is 5.91 Å². The third-order valence-corrected chi connectivity index (χ3v) is 6.39. The molecule has 0 radical (unpaired) electrons. The van der Waals surface area contributed by atoms with E-state index in [1.807, 2.05) is 66.1 Å². The van der Waals surface area contributed by atoms with Crippen LogP contribution < -0.4 is 10.1 Å². The Kier molecular flexibility index (Phi) is 7.29. The Hall–Kier alpha value is -3.32. The van der Waals surface area contributed by atoms with Gasteiger partial charge in [0.05, 0.1) is 5.75 Å². The fraction of sp³-hybridized carbons (Fsp3) is 0.269. The smallest absolute Gasteiger partial charge is 0.234 e. The summed E-state index contributed by atoms with van der Waals surface area (Å²) in [6, 6.07) is 22.0. The summed E-state index contributed by atoms with van der Waals surface area (Å²) >= 11 is 1.37. The van der Waals surface area contributed by atoms with Gasteiger partial charge in [0, 0.05) is 17.6 Å². The van der Waals surface area contributed by atoms with E-state index in [1.165, 1.54) is 17.3 Å². The van der Waals surface area contributed by atoms with Crippen molar-refractivity contribution in [2.24, 2.45) is 0 Å². The zero-order chi connectivity index (χ0) is 23.2. The molecule has 0 fully saturated rings. The minimum absolute atomic E-state index is 0.0787. The average Bonchev–Trinajstić information content (AvgIpc) is 3.23. The molecule has 0 saturated carbocycles. The van der Waals surface area contributed by atoms with E-state index >= 15 is 0 Å². The van der Waals surface area contributed by atoms with Gasteiger partial charge in [-0.1, -0.05) is 74.1 Å². The van der Waals surface area contributed by atoms with Crippen molar-refractivity contribution in [1.29, 1.82) is 0 Å². The van der Waals surface area contributed by atoms with Gasteiger partial charge in [-0.3, -0.25) is 4.79 Å². The van der Waals surface area contributed by atoms with Gasteiger partial charge < -0.3 is 14.6 Å². The molecule has 1 amide bonds. The van der Waals surface area contributed by atoms with Gasteiger partial charge in [-0.2, -0.15) is 0 Å². The third kappa shape index (κ3) is 5.54. The quantitative estimate of drug-likeness (QED) is 0.316. The molecule has 4 aromatic rings. The highest BCUT2D eigenvalue weighted by Gasteiger charge is 2.14. The standard InChI is InChI=1S/C26H28N4O2S/c1-4-30-24(16-32-21-14-12-19(13-15-21)18(2)3)28-29-26(30)33-17-25(31)27-23-11-7-9-20-8-5-6-10-22(20)23/h5-15,18H,4,16-17H2,1-3H3,(H,27,31). The second-order valence-electron chi connectivity index (χ2n) is 8.02. The molecule has 4 rings (SSSR count). The average molecular weight is 461 g/mol. The minimum atomic E-state index is -0.0787. The van der Waals surface area contributed by atoms with E-state index in [0.29, 0.717) is 24.2 Å². The highest BCUT2D eigenvalue weighted by molar-refractivity contribution is 7.99. The fourth-order valence-electron chi connectivity index (χ4n) is 3.60. The van der Waals surface area contributed by atoms with Crippen LogP contribution in [0, 0.1) is 0 Å². The molecule has 1 aromatic heterocycles. The Morgan fingerprint density at radius 1 is 1.03 bits per heavy atom. The van der Waals surface area contributed by atoms with Gasteiger partial charge in [0.25, 0.3) is 0 Å². The summed E-state index contributed by atoms with van der Waals surface area (Å²) < 4.78 is 7.90. The maximum Gasteiger partial charge on any atom is 0.234 e. The summed E-state index contributed by atoms with van der Waals surface area (Å²) in [5, 5.41) is 14.4.